The molecule has 0 spiro atoms. The minimum Gasteiger partial charge on any atom is -0.359 e. The van der Waals surface area contributed by atoms with Gasteiger partial charge in [-0.05, 0) is 12.1 Å². The third-order valence-corrected chi connectivity index (χ3v) is 3.83. The third-order valence-electron chi connectivity index (χ3n) is 3.83. The first-order valence-electron chi connectivity index (χ1n) is 8.03. The van der Waals surface area contributed by atoms with Crippen molar-refractivity contribution in [2.45, 2.75) is 6.54 Å². The van der Waals surface area contributed by atoms with E-state index in [9.17, 15) is 4.79 Å². The van der Waals surface area contributed by atoms with Gasteiger partial charge in [-0.1, -0.05) is 35.5 Å². The Morgan fingerprint density at radius 2 is 2.00 bits per heavy atom. The average molecular weight is 345 g/mol. The molecule has 7 heteroatoms. The van der Waals surface area contributed by atoms with Crippen LogP contribution in [0.3, 0.4) is 0 Å². The minimum atomic E-state index is -0.216. The fourth-order valence-corrected chi connectivity index (χ4v) is 2.51. The highest BCUT2D eigenvalue weighted by Gasteiger charge is 2.10. The van der Waals surface area contributed by atoms with Crippen LogP contribution in [0, 0.1) is 0 Å². The largest absolute Gasteiger partial charge is 0.359 e. The molecule has 3 heterocycles. The molecule has 0 aliphatic heterocycles. The van der Waals surface area contributed by atoms with Crippen molar-refractivity contribution < 1.29 is 9.32 Å². The third kappa shape index (κ3) is 3.36. The Balaban J connectivity index is 1.43. The summed E-state index contributed by atoms with van der Waals surface area (Å²) < 4.78 is 7.03. The van der Waals surface area contributed by atoms with E-state index >= 15 is 0 Å². The number of benzene rings is 1. The lowest BCUT2D eigenvalue weighted by Gasteiger charge is -2.05. The Labute approximate surface area is 149 Å². The van der Waals surface area contributed by atoms with Crippen LogP contribution in [0.5, 0.6) is 0 Å². The molecule has 0 saturated heterocycles. The van der Waals surface area contributed by atoms with Crippen molar-refractivity contribution in [1.29, 1.82) is 0 Å². The highest BCUT2D eigenvalue weighted by atomic mass is 16.5. The molecule has 0 saturated carbocycles. The van der Waals surface area contributed by atoms with Crippen molar-refractivity contribution in [3.05, 3.63) is 84.8 Å². The number of hydrogen-bond donors (Lipinski definition) is 1. The zero-order valence-electron chi connectivity index (χ0n) is 13.7. The van der Waals surface area contributed by atoms with Crippen molar-refractivity contribution in [3.63, 3.8) is 0 Å². The van der Waals surface area contributed by atoms with E-state index in [1.54, 1.807) is 41.6 Å². The fraction of sp³-hybridized carbons (Fsp3) is 0.0526. The first-order chi connectivity index (χ1) is 12.8. The molecule has 0 atom stereocenters. The number of carbonyl (C=O) groups excluding carboxylic acids is 1. The Hall–Kier alpha value is -3.74. The van der Waals surface area contributed by atoms with Gasteiger partial charge >= 0.3 is 0 Å². The Kier molecular flexibility index (Phi) is 4.26. The second-order valence-corrected chi connectivity index (χ2v) is 5.60. The SMILES string of the molecule is O=C(NCc1cc(-c2ccccc2)no1)c1ccnc(-n2ccnc2)c1. The lowest BCUT2D eigenvalue weighted by Crippen LogP contribution is -2.22. The van der Waals surface area contributed by atoms with E-state index in [0.29, 0.717) is 17.1 Å². The summed E-state index contributed by atoms with van der Waals surface area (Å²) in [6, 6.07) is 14.9. The zero-order chi connectivity index (χ0) is 17.8. The first-order valence-corrected chi connectivity index (χ1v) is 8.03. The van der Waals surface area contributed by atoms with E-state index in [0.717, 1.165) is 11.3 Å². The van der Waals surface area contributed by atoms with Gasteiger partial charge in [-0.2, -0.15) is 0 Å². The summed E-state index contributed by atoms with van der Waals surface area (Å²) in [6.07, 6.45) is 6.64. The number of nitrogens with one attached hydrogen (secondary N) is 1. The molecule has 0 aliphatic rings. The lowest BCUT2D eigenvalue weighted by molar-refractivity contribution is 0.0947. The molecular weight excluding hydrogens is 330 g/mol. The maximum atomic E-state index is 12.4. The van der Waals surface area contributed by atoms with Gasteiger partial charge in [-0.3, -0.25) is 9.36 Å². The highest BCUT2D eigenvalue weighted by Crippen LogP contribution is 2.18. The average Bonchev–Trinajstić information content (AvgIpc) is 3.39. The molecule has 4 rings (SSSR count). The number of imidazole rings is 1. The molecule has 0 aliphatic carbocycles. The van der Waals surface area contributed by atoms with E-state index in [4.69, 9.17) is 4.52 Å². The highest BCUT2D eigenvalue weighted by molar-refractivity contribution is 5.94. The fourth-order valence-electron chi connectivity index (χ4n) is 2.51. The van der Waals surface area contributed by atoms with Crippen molar-refractivity contribution in [3.8, 4) is 17.1 Å². The Bertz CT molecular complexity index is 1010. The Morgan fingerprint density at radius 1 is 1.12 bits per heavy atom. The minimum absolute atomic E-state index is 0.216. The molecule has 1 aromatic carbocycles. The molecule has 4 aromatic rings. The van der Waals surface area contributed by atoms with Crippen LogP contribution in [0.2, 0.25) is 0 Å². The van der Waals surface area contributed by atoms with E-state index in [1.807, 2.05) is 36.4 Å². The van der Waals surface area contributed by atoms with Gasteiger partial charge in [0.2, 0.25) is 0 Å². The summed E-state index contributed by atoms with van der Waals surface area (Å²) in [5.41, 5.74) is 2.21. The molecule has 7 nitrogen and oxygen atoms in total. The van der Waals surface area contributed by atoms with E-state index in [2.05, 4.69) is 20.4 Å². The number of pyridine rings is 1. The second-order valence-electron chi connectivity index (χ2n) is 5.60. The molecule has 1 N–H and O–H groups in total. The van der Waals surface area contributed by atoms with Crippen LogP contribution in [-0.2, 0) is 6.54 Å². The normalized spacial score (nSPS) is 10.6. The molecule has 0 bridgehead atoms. The zero-order valence-corrected chi connectivity index (χ0v) is 13.7. The van der Waals surface area contributed by atoms with Crippen LogP contribution >= 0.6 is 0 Å². The summed E-state index contributed by atoms with van der Waals surface area (Å²) >= 11 is 0. The number of carbonyl (C=O) groups is 1. The maximum Gasteiger partial charge on any atom is 0.251 e. The summed E-state index contributed by atoms with van der Waals surface area (Å²) in [5, 5.41) is 6.87. The summed E-state index contributed by atoms with van der Waals surface area (Å²) in [5.74, 6) is 0.994. The van der Waals surface area contributed by atoms with E-state index < -0.39 is 0 Å². The number of amides is 1. The van der Waals surface area contributed by atoms with Gasteiger partial charge in [0.05, 0.1) is 6.54 Å². The monoisotopic (exact) mass is 345 g/mol. The van der Waals surface area contributed by atoms with Crippen LogP contribution in [0.25, 0.3) is 17.1 Å². The second kappa shape index (κ2) is 7.02. The molecule has 26 heavy (non-hydrogen) atoms. The Morgan fingerprint density at radius 3 is 2.81 bits per heavy atom. The van der Waals surface area contributed by atoms with Crippen LogP contribution in [0.1, 0.15) is 16.1 Å². The topological polar surface area (TPSA) is 85.8 Å². The summed E-state index contributed by atoms with van der Waals surface area (Å²) in [4.78, 5) is 20.6. The van der Waals surface area contributed by atoms with Gasteiger partial charge < -0.3 is 9.84 Å². The van der Waals surface area contributed by atoms with Crippen LogP contribution < -0.4 is 5.32 Å². The quantitative estimate of drug-likeness (QED) is 0.601. The van der Waals surface area contributed by atoms with Crippen molar-refractivity contribution in [2.24, 2.45) is 0 Å². The molecule has 0 unspecified atom stereocenters. The molecule has 3 aromatic heterocycles. The molecule has 128 valence electrons. The van der Waals surface area contributed by atoms with Gasteiger partial charge in [0, 0.05) is 35.8 Å². The predicted molar refractivity (Wildman–Crippen MR) is 94.5 cm³/mol. The number of hydrogen-bond acceptors (Lipinski definition) is 5. The number of aromatic nitrogens is 4. The standard InChI is InChI=1S/C19H15N5O2/c25-19(15-6-7-21-18(10-15)24-9-8-20-13-24)22-12-16-11-17(23-26-16)14-4-2-1-3-5-14/h1-11,13H,12H2,(H,22,25). The number of nitrogens with zero attached hydrogens (tertiary/aromatic N) is 4. The summed E-state index contributed by atoms with van der Waals surface area (Å²) in [7, 11) is 0. The number of rotatable bonds is 5. The first kappa shape index (κ1) is 15.8. The van der Waals surface area contributed by atoms with E-state index in [-0.39, 0.29) is 12.5 Å². The molecule has 1 amide bonds. The van der Waals surface area contributed by atoms with Crippen LogP contribution in [0.4, 0.5) is 0 Å². The van der Waals surface area contributed by atoms with Crippen LogP contribution in [-0.4, -0.2) is 25.6 Å². The van der Waals surface area contributed by atoms with Crippen molar-refractivity contribution >= 4 is 5.91 Å². The van der Waals surface area contributed by atoms with Gasteiger partial charge in [0.15, 0.2) is 5.76 Å². The van der Waals surface area contributed by atoms with Gasteiger partial charge in [0.25, 0.3) is 5.91 Å². The van der Waals surface area contributed by atoms with Crippen molar-refractivity contribution in [2.75, 3.05) is 0 Å². The maximum absolute atomic E-state index is 12.4. The lowest BCUT2D eigenvalue weighted by atomic mass is 10.1. The van der Waals surface area contributed by atoms with Gasteiger partial charge in [-0.25, -0.2) is 9.97 Å². The summed E-state index contributed by atoms with van der Waals surface area (Å²) in [6.45, 7) is 0.251. The molecular formula is C19H15N5O2. The smallest absolute Gasteiger partial charge is 0.251 e. The van der Waals surface area contributed by atoms with Gasteiger partial charge in [-0.15, -0.1) is 0 Å². The van der Waals surface area contributed by atoms with E-state index in [1.165, 1.54) is 0 Å². The molecule has 0 radical (unpaired) electrons. The molecule has 0 fully saturated rings. The van der Waals surface area contributed by atoms with Crippen LogP contribution in [0.15, 0.2) is 78.0 Å². The predicted octanol–water partition coefficient (Wildman–Crippen LogP) is 2.85. The van der Waals surface area contributed by atoms with Crippen molar-refractivity contribution in [1.82, 2.24) is 25.0 Å². The van der Waals surface area contributed by atoms with Gasteiger partial charge in [0.1, 0.15) is 17.8 Å².